The summed E-state index contributed by atoms with van der Waals surface area (Å²) in [5.74, 6) is 0. The highest BCUT2D eigenvalue weighted by Gasteiger charge is 2.33. The van der Waals surface area contributed by atoms with Crippen molar-refractivity contribution in [3.8, 4) is 0 Å². The van der Waals surface area contributed by atoms with Crippen molar-refractivity contribution >= 4 is 64.6 Å². The molecule has 3 aromatic carbocycles. The molecule has 38 heavy (non-hydrogen) atoms. The van der Waals surface area contributed by atoms with E-state index in [-0.39, 0.29) is 16.2 Å². The molecule has 192 valence electrons. The molecule has 10 heteroatoms. The maximum absolute atomic E-state index is 13.0. The third-order valence-corrected chi connectivity index (χ3v) is 6.82. The highest BCUT2D eigenvalue weighted by atomic mass is 35.5. The smallest absolute Gasteiger partial charge is 0.329 e. The first kappa shape index (κ1) is 25.8. The number of aliphatic imine (C=N–C) groups is 1. The first-order valence-corrected chi connectivity index (χ1v) is 12.4. The third kappa shape index (κ3) is 5.12. The molecule has 0 bridgehead atoms. The fraction of sp³-hybridized carbons (Fsp3) is 0.143. The lowest BCUT2D eigenvalue weighted by Gasteiger charge is -2.25. The number of nitrogens with one attached hydrogen (secondary N) is 1. The highest BCUT2D eigenvalue weighted by molar-refractivity contribution is 7.80. The number of fused-ring (bicyclic) bond motifs is 2. The molecule has 1 heterocycles. The Kier molecular flexibility index (Phi) is 6.90. The Bertz CT molecular complexity index is 1640. The van der Waals surface area contributed by atoms with Crippen molar-refractivity contribution in [1.82, 2.24) is 0 Å². The van der Waals surface area contributed by atoms with Gasteiger partial charge in [-0.25, -0.2) is 4.99 Å². The Hall–Kier alpha value is -3.82. The van der Waals surface area contributed by atoms with Gasteiger partial charge < -0.3 is 10.2 Å². The standard InChI is InChI=1S/C28H21ClF3N5S/c1-16-4-3-5-17(2)25(16)35-27(38)36-34-14-18-6-9-21-19(12-18)7-10-24-26(21)33-15-37(24)23-11-8-20(13-22(23)29)28(30,31)32/h3-15,24H,1-2H3,(H,35,38). The van der Waals surface area contributed by atoms with E-state index in [0.717, 1.165) is 50.6 Å². The van der Waals surface area contributed by atoms with E-state index in [9.17, 15) is 13.2 Å². The van der Waals surface area contributed by atoms with Gasteiger partial charge in [-0.1, -0.05) is 54.1 Å². The zero-order chi connectivity index (χ0) is 27.0. The molecule has 2 aliphatic rings. The predicted octanol–water partition coefficient (Wildman–Crippen LogP) is 6.61. The fourth-order valence-corrected chi connectivity index (χ4v) is 4.87. The van der Waals surface area contributed by atoms with Gasteiger partial charge >= 0.3 is 6.18 Å². The molecule has 0 aromatic heterocycles. The van der Waals surface area contributed by atoms with Gasteiger partial charge in [0.1, 0.15) is 0 Å². The number of hydrogen-bond acceptors (Lipinski definition) is 4. The number of halogens is 4. The molecular weight excluding hydrogens is 531 g/mol. The summed E-state index contributed by atoms with van der Waals surface area (Å²) < 4.78 is 39.1. The Morgan fingerprint density at radius 1 is 1.11 bits per heavy atom. The van der Waals surface area contributed by atoms with Crippen LogP contribution in [-0.4, -0.2) is 17.5 Å². The highest BCUT2D eigenvalue weighted by Crippen LogP contribution is 2.37. The summed E-state index contributed by atoms with van der Waals surface area (Å²) in [4.78, 5) is 6.31. The van der Waals surface area contributed by atoms with Gasteiger partial charge in [-0.05, 0) is 72.2 Å². The summed E-state index contributed by atoms with van der Waals surface area (Å²) in [7, 11) is 0. The van der Waals surface area contributed by atoms with Gasteiger partial charge in [0.25, 0.3) is 0 Å². The van der Waals surface area contributed by atoms with Crippen LogP contribution in [0.25, 0.3) is 18.0 Å². The molecule has 1 aliphatic heterocycles. The number of anilines is 2. The Labute approximate surface area is 227 Å². The van der Waals surface area contributed by atoms with Crippen molar-refractivity contribution in [3.63, 3.8) is 0 Å². The number of azo groups is 1. The number of benzene rings is 3. The lowest BCUT2D eigenvalue weighted by molar-refractivity contribution is -0.137. The molecule has 1 aliphatic carbocycles. The molecule has 1 unspecified atom stereocenters. The van der Waals surface area contributed by atoms with E-state index >= 15 is 0 Å². The fourth-order valence-electron chi connectivity index (χ4n) is 4.44. The summed E-state index contributed by atoms with van der Waals surface area (Å²) in [5, 5.41) is 13.4. The van der Waals surface area contributed by atoms with E-state index in [4.69, 9.17) is 23.8 Å². The van der Waals surface area contributed by atoms with E-state index in [1.54, 1.807) is 17.4 Å². The lowest BCUT2D eigenvalue weighted by atomic mass is 9.99. The maximum Gasteiger partial charge on any atom is 0.416 e. The zero-order valence-corrected chi connectivity index (χ0v) is 21.9. The normalized spacial score (nSPS) is 16.8. The van der Waals surface area contributed by atoms with E-state index < -0.39 is 11.7 Å². The first-order chi connectivity index (χ1) is 18.1. The van der Waals surface area contributed by atoms with Gasteiger partial charge in [-0.3, -0.25) is 0 Å². The molecule has 0 radical (unpaired) electrons. The summed E-state index contributed by atoms with van der Waals surface area (Å²) in [6.45, 7) is 3.99. The van der Waals surface area contributed by atoms with Gasteiger partial charge in [0.2, 0.25) is 5.11 Å². The minimum Gasteiger partial charge on any atom is -0.329 e. The number of alkyl halides is 3. The maximum atomic E-state index is 13.0. The van der Waals surface area contributed by atoms with Crippen molar-refractivity contribution in [2.45, 2.75) is 26.1 Å². The van der Waals surface area contributed by atoms with E-state index in [2.05, 4.69) is 20.5 Å². The van der Waals surface area contributed by atoms with Crippen molar-refractivity contribution in [3.05, 3.63) is 98.4 Å². The average Bonchev–Trinajstić information content (AvgIpc) is 3.30. The molecule has 5 rings (SSSR count). The van der Waals surface area contributed by atoms with Crippen LogP contribution in [0.3, 0.4) is 0 Å². The molecule has 0 spiro atoms. The average molecular weight is 552 g/mol. The van der Waals surface area contributed by atoms with Crippen LogP contribution < -0.4 is 20.7 Å². The van der Waals surface area contributed by atoms with Gasteiger partial charge in [0.15, 0.2) is 0 Å². The number of rotatable bonds is 3. The van der Waals surface area contributed by atoms with Gasteiger partial charge in [0, 0.05) is 10.9 Å². The van der Waals surface area contributed by atoms with Crippen molar-refractivity contribution < 1.29 is 13.2 Å². The van der Waals surface area contributed by atoms with Gasteiger partial charge in [-0.2, -0.15) is 18.3 Å². The van der Waals surface area contributed by atoms with Crippen LogP contribution in [0.2, 0.25) is 5.02 Å². The van der Waals surface area contributed by atoms with E-state index in [1.807, 2.05) is 62.4 Å². The predicted molar refractivity (Wildman–Crippen MR) is 151 cm³/mol. The number of aryl methyl sites for hydroxylation is 2. The summed E-state index contributed by atoms with van der Waals surface area (Å²) >= 11 is 11.5. The quantitative estimate of drug-likeness (QED) is 0.294. The van der Waals surface area contributed by atoms with Gasteiger partial charge in [0.05, 0.1) is 40.6 Å². The van der Waals surface area contributed by atoms with Crippen LogP contribution in [0.4, 0.5) is 24.5 Å². The second kappa shape index (κ2) is 10.2. The molecule has 3 aromatic rings. The van der Waals surface area contributed by atoms with Crippen molar-refractivity contribution in [2.75, 3.05) is 10.2 Å². The Balaban J connectivity index is 1.36. The number of hydrogen-bond donors (Lipinski definition) is 1. The van der Waals surface area contributed by atoms with Crippen LogP contribution in [0, 0.1) is 13.8 Å². The number of thiocarbonyl (C=S) groups is 1. The van der Waals surface area contributed by atoms with Crippen LogP contribution in [0.5, 0.6) is 0 Å². The van der Waals surface area contributed by atoms with Crippen molar-refractivity contribution in [1.29, 1.82) is 0 Å². The van der Waals surface area contributed by atoms with Crippen LogP contribution >= 0.6 is 23.8 Å². The summed E-state index contributed by atoms with van der Waals surface area (Å²) in [5.41, 5.74) is 4.44. The molecule has 0 amide bonds. The third-order valence-electron chi connectivity index (χ3n) is 6.33. The molecule has 0 fully saturated rings. The number of para-hydroxylation sites is 1. The monoisotopic (exact) mass is 551 g/mol. The molecule has 1 atom stereocenters. The second-order valence-corrected chi connectivity index (χ2v) is 9.69. The molecule has 5 nitrogen and oxygen atoms in total. The van der Waals surface area contributed by atoms with E-state index in [0.29, 0.717) is 5.69 Å². The first-order valence-electron chi connectivity index (χ1n) is 11.6. The SMILES string of the molecule is Cc1cccc(C)c1NC(=S)N=NC=c1ccc2c(c1)C=CC1C=2N=CN1c1ccc(C(F)(F)F)cc1Cl. The van der Waals surface area contributed by atoms with Crippen molar-refractivity contribution in [2.24, 2.45) is 15.2 Å². The van der Waals surface area contributed by atoms with Gasteiger partial charge in [-0.15, -0.1) is 5.11 Å². The summed E-state index contributed by atoms with van der Waals surface area (Å²) in [6.07, 6.45) is 2.64. The molecule has 1 N–H and O–H groups in total. The lowest BCUT2D eigenvalue weighted by Crippen LogP contribution is -2.33. The molecular formula is C28H21ClF3N5S. The number of nitrogens with zero attached hydrogens (tertiary/aromatic N) is 4. The van der Waals surface area contributed by atoms with Crippen LogP contribution in [-0.2, 0) is 6.18 Å². The van der Waals surface area contributed by atoms with Crippen LogP contribution in [0.1, 0.15) is 22.3 Å². The van der Waals surface area contributed by atoms with Crippen LogP contribution in [0.15, 0.2) is 75.9 Å². The minimum absolute atomic E-state index is 0.00650. The zero-order valence-electron chi connectivity index (χ0n) is 20.3. The Morgan fingerprint density at radius 2 is 1.87 bits per heavy atom. The summed E-state index contributed by atoms with van der Waals surface area (Å²) in [6, 6.07) is 14.8. The Morgan fingerprint density at radius 3 is 2.58 bits per heavy atom. The second-order valence-electron chi connectivity index (χ2n) is 8.89. The minimum atomic E-state index is -4.46. The van der Waals surface area contributed by atoms with E-state index in [1.165, 1.54) is 6.07 Å². The topological polar surface area (TPSA) is 52.4 Å². The molecule has 0 saturated heterocycles. The largest absolute Gasteiger partial charge is 0.416 e. The molecule has 0 saturated carbocycles.